The third-order valence-electron chi connectivity index (χ3n) is 7.45. The monoisotopic (exact) mass is 634 g/mol. The number of nitrogens with zero attached hydrogens (tertiary/aromatic N) is 2. The molecule has 0 aliphatic heterocycles. The Labute approximate surface area is 264 Å². The van der Waals surface area contributed by atoms with Crippen molar-refractivity contribution in [3.05, 3.63) is 106 Å². The highest BCUT2D eigenvalue weighted by Crippen LogP contribution is 2.39. The molecule has 1 heterocycles. The molecule has 4 N–H and O–H groups in total. The number of carbonyl (C=O) groups is 1. The Morgan fingerprint density at radius 1 is 0.955 bits per heavy atom. The van der Waals surface area contributed by atoms with E-state index in [9.17, 15) is 15.0 Å². The fraction of sp³-hybridized carbons (Fsp3) is 0.212. The van der Waals surface area contributed by atoms with Crippen LogP contribution in [0.5, 0.6) is 5.75 Å². The molecule has 0 amide bonds. The Hall–Kier alpha value is -3.96. The highest BCUT2D eigenvalue weighted by molar-refractivity contribution is 6.36. The summed E-state index contributed by atoms with van der Waals surface area (Å²) in [6, 6.07) is 22.7. The van der Waals surface area contributed by atoms with Gasteiger partial charge in [0.15, 0.2) is 0 Å². The smallest absolute Gasteiger partial charge is 0.323 e. The van der Waals surface area contributed by atoms with Gasteiger partial charge in [0, 0.05) is 40.2 Å². The fourth-order valence-electron chi connectivity index (χ4n) is 5.10. The standard InChI is InChI=1S/C33H32Cl2N4O5/c1-43-31-14-23(28(34)13-22(31)16-36-29(19-40)33(41)42)18-39-30-8-4-6-25(27(30)17-37-39)26-7-3-5-24(32(26)35)21-11-9-20(10-12-21)15-38-44-2/h3-14,17,29,36,38,40H,15-16,18-19H2,1-2H3,(H,41,42)/t29-/m0/s1. The first-order valence-electron chi connectivity index (χ1n) is 13.9. The number of aromatic nitrogens is 2. The van der Waals surface area contributed by atoms with E-state index in [2.05, 4.69) is 15.9 Å². The SMILES string of the molecule is CONCc1ccc(-c2cccc(-c3cccc4c3cnn4Cc3cc(OC)c(CN[C@@H](CO)C(=O)O)cc3Cl)c2Cl)cc1. The van der Waals surface area contributed by atoms with Crippen LogP contribution in [-0.4, -0.2) is 52.8 Å². The quantitative estimate of drug-likeness (QED) is 0.118. The molecule has 0 aliphatic rings. The van der Waals surface area contributed by atoms with Crippen molar-refractivity contribution in [3.8, 4) is 28.0 Å². The van der Waals surface area contributed by atoms with Gasteiger partial charge >= 0.3 is 5.97 Å². The summed E-state index contributed by atoms with van der Waals surface area (Å²) in [4.78, 5) is 16.2. The maximum Gasteiger partial charge on any atom is 0.323 e. The summed E-state index contributed by atoms with van der Waals surface area (Å²) in [6.45, 7) is 0.605. The highest BCUT2D eigenvalue weighted by atomic mass is 35.5. The van der Waals surface area contributed by atoms with E-state index in [1.54, 1.807) is 13.2 Å². The average Bonchev–Trinajstić information content (AvgIpc) is 3.44. The molecular weight excluding hydrogens is 603 g/mol. The van der Waals surface area contributed by atoms with Gasteiger partial charge in [-0.2, -0.15) is 10.6 Å². The van der Waals surface area contributed by atoms with E-state index in [1.807, 2.05) is 77.6 Å². The van der Waals surface area contributed by atoms with E-state index >= 15 is 0 Å². The van der Waals surface area contributed by atoms with Gasteiger partial charge in [0.1, 0.15) is 11.8 Å². The number of rotatable bonds is 13. The van der Waals surface area contributed by atoms with Crippen molar-refractivity contribution in [1.29, 1.82) is 0 Å². The summed E-state index contributed by atoms with van der Waals surface area (Å²) in [5.74, 6) is -0.597. The Balaban J connectivity index is 1.43. The number of hydrogen-bond acceptors (Lipinski definition) is 7. The molecule has 1 aromatic heterocycles. The molecule has 4 aromatic carbocycles. The van der Waals surface area contributed by atoms with Crippen molar-refractivity contribution in [2.75, 3.05) is 20.8 Å². The molecule has 0 fully saturated rings. The predicted octanol–water partition coefficient (Wildman–Crippen LogP) is 5.92. The van der Waals surface area contributed by atoms with Gasteiger partial charge < -0.3 is 19.8 Å². The molecule has 1 atom stereocenters. The summed E-state index contributed by atoms with van der Waals surface area (Å²) in [7, 11) is 3.13. The average molecular weight is 636 g/mol. The van der Waals surface area contributed by atoms with Gasteiger partial charge in [-0.15, -0.1) is 0 Å². The minimum atomic E-state index is -1.14. The molecule has 5 rings (SSSR count). The highest BCUT2D eigenvalue weighted by Gasteiger charge is 2.19. The van der Waals surface area contributed by atoms with E-state index < -0.39 is 18.6 Å². The van der Waals surface area contributed by atoms with Crippen LogP contribution in [0.3, 0.4) is 0 Å². The van der Waals surface area contributed by atoms with E-state index in [1.165, 1.54) is 7.11 Å². The van der Waals surface area contributed by atoms with Crippen LogP contribution in [0.15, 0.2) is 79.0 Å². The summed E-state index contributed by atoms with van der Waals surface area (Å²) in [5.41, 5.74) is 10.1. The van der Waals surface area contributed by atoms with E-state index in [-0.39, 0.29) is 6.54 Å². The Morgan fingerprint density at radius 3 is 2.39 bits per heavy atom. The van der Waals surface area contributed by atoms with E-state index in [0.29, 0.717) is 34.4 Å². The van der Waals surface area contributed by atoms with Crippen LogP contribution in [0.25, 0.3) is 33.2 Å². The van der Waals surface area contributed by atoms with Gasteiger partial charge in [0.05, 0.1) is 44.1 Å². The lowest BCUT2D eigenvalue weighted by molar-refractivity contribution is -0.140. The zero-order valence-corrected chi connectivity index (χ0v) is 25.7. The molecular formula is C33H32Cl2N4O5. The molecule has 44 heavy (non-hydrogen) atoms. The van der Waals surface area contributed by atoms with Crippen LogP contribution < -0.4 is 15.5 Å². The predicted molar refractivity (Wildman–Crippen MR) is 172 cm³/mol. The summed E-state index contributed by atoms with van der Waals surface area (Å²) in [6.07, 6.45) is 1.83. The largest absolute Gasteiger partial charge is 0.496 e. The molecule has 0 unspecified atom stereocenters. The van der Waals surface area contributed by atoms with Gasteiger partial charge in [-0.25, -0.2) is 0 Å². The number of carboxylic acid groups (broad SMARTS) is 1. The lowest BCUT2D eigenvalue weighted by Crippen LogP contribution is -2.39. The topological polar surface area (TPSA) is 118 Å². The summed E-state index contributed by atoms with van der Waals surface area (Å²) < 4.78 is 7.44. The number of benzene rings is 4. The van der Waals surface area contributed by atoms with Crippen molar-refractivity contribution < 1.29 is 24.6 Å². The molecule has 0 saturated carbocycles. The van der Waals surface area contributed by atoms with Crippen LogP contribution in [0, 0.1) is 0 Å². The van der Waals surface area contributed by atoms with Gasteiger partial charge in [0.25, 0.3) is 0 Å². The molecule has 5 aromatic rings. The van der Waals surface area contributed by atoms with Crippen molar-refractivity contribution in [2.24, 2.45) is 0 Å². The number of methoxy groups -OCH3 is 1. The lowest BCUT2D eigenvalue weighted by Gasteiger charge is -2.16. The van der Waals surface area contributed by atoms with Gasteiger partial charge in [-0.1, -0.05) is 77.8 Å². The number of aliphatic hydroxyl groups excluding tert-OH is 1. The molecule has 228 valence electrons. The van der Waals surface area contributed by atoms with Crippen molar-refractivity contribution in [3.63, 3.8) is 0 Å². The number of halogens is 2. The summed E-state index contributed by atoms with van der Waals surface area (Å²) >= 11 is 13.7. The van der Waals surface area contributed by atoms with Crippen LogP contribution in [0.4, 0.5) is 0 Å². The number of hydroxylamine groups is 1. The van der Waals surface area contributed by atoms with Gasteiger partial charge in [-0.3, -0.25) is 14.8 Å². The second kappa shape index (κ2) is 14.2. The molecule has 0 aliphatic carbocycles. The van der Waals surface area contributed by atoms with Gasteiger partial charge in [-0.05, 0) is 40.5 Å². The zero-order valence-electron chi connectivity index (χ0n) is 24.2. The molecule has 0 spiro atoms. The third-order valence-corrected chi connectivity index (χ3v) is 8.21. The normalized spacial score (nSPS) is 12.0. The third kappa shape index (κ3) is 6.73. The first kappa shape index (κ1) is 31.5. The number of ether oxygens (including phenoxy) is 1. The Bertz CT molecular complexity index is 1770. The molecule has 0 saturated heterocycles. The number of hydrogen-bond donors (Lipinski definition) is 4. The van der Waals surface area contributed by atoms with E-state index in [0.717, 1.165) is 44.3 Å². The molecule has 0 bridgehead atoms. The van der Waals surface area contributed by atoms with Crippen molar-refractivity contribution >= 4 is 40.1 Å². The van der Waals surface area contributed by atoms with Crippen LogP contribution in [0.1, 0.15) is 16.7 Å². The lowest BCUT2D eigenvalue weighted by atomic mass is 9.96. The number of aliphatic hydroxyl groups is 1. The van der Waals surface area contributed by atoms with Crippen molar-refractivity contribution in [1.82, 2.24) is 20.6 Å². The minimum Gasteiger partial charge on any atom is -0.496 e. The summed E-state index contributed by atoms with van der Waals surface area (Å²) in [5, 5.41) is 28.1. The number of fused-ring (bicyclic) bond motifs is 1. The minimum absolute atomic E-state index is 0.157. The first-order valence-corrected chi connectivity index (χ1v) is 14.6. The van der Waals surface area contributed by atoms with Crippen LogP contribution in [-0.2, 0) is 29.3 Å². The Kier molecular flexibility index (Phi) is 10.2. The molecule has 0 radical (unpaired) electrons. The zero-order chi connectivity index (χ0) is 31.2. The number of aliphatic carboxylic acids is 1. The number of carboxylic acids is 1. The second-order valence-corrected chi connectivity index (χ2v) is 10.9. The van der Waals surface area contributed by atoms with Crippen molar-refractivity contribution in [2.45, 2.75) is 25.7 Å². The first-order chi connectivity index (χ1) is 21.3. The maximum atomic E-state index is 11.3. The van der Waals surface area contributed by atoms with Gasteiger partial charge in [0.2, 0.25) is 0 Å². The second-order valence-electron chi connectivity index (χ2n) is 10.1. The fourth-order valence-corrected chi connectivity index (χ4v) is 5.68. The molecule has 9 nitrogen and oxygen atoms in total. The van der Waals surface area contributed by atoms with E-state index in [4.69, 9.17) is 32.8 Å². The molecule has 11 heteroatoms. The Morgan fingerprint density at radius 2 is 1.68 bits per heavy atom. The maximum absolute atomic E-state index is 11.3. The number of nitrogens with one attached hydrogen (secondary N) is 2. The van der Waals surface area contributed by atoms with Crippen LogP contribution >= 0.6 is 23.2 Å². The van der Waals surface area contributed by atoms with Crippen LogP contribution in [0.2, 0.25) is 10.0 Å².